The number of phenols is 1. The SMILES string of the molecule is O=C(Nc1cccc(O)c1)c1ccc(NS(=O)(=O)c2ccccc2)cc1. The van der Waals surface area contributed by atoms with E-state index >= 15 is 0 Å². The lowest BCUT2D eigenvalue weighted by atomic mass is 10.2. The predicted octanol–water partition coefficient (Wildman–Crippen LogP) is 3.45. The quantitative estimate of drug-likeness (QED) is 0.643. The molecule has 0 unspecified atom stereocenters. The van der Waals surface area contributed by atoms with Crippen LogP contribution in [0.2, 0.25) is 0 Å². The molecule has 0 spiro atoms. The summed E-state index contributed by atoms with van der Waals surface area (Å²) in [7, 11) is -3.68. The summed E-state index contributed by atoms with van der Waals surface area (Å²) >= 11 is 0. The lowest BCUT2D eigenvalue weighted by Gasteiger charge is -2.09. The van der Waals surface area contributed by atoms with Gasteiger partial charge in [0.1, 0.15) is 5.75 Å². The Bertz CT molecular complexity index is 1020. The number of hydrogen-bond acceptors (Lipinski definition) is 4. The molecule has 0 aliphatic rings. The van der Waals surface area contributed by atoms with Crippen molar-refractivity contribution >= 4 is 27.3 Å². The summed E-state index contributed by atoms with van der Waals surface area (Å²) in [6.07, 6.45) is 0. The third-order valence-electron chi connectivity index (χ3n) is 3.56. The summed E-state index contributed by atoms with van der Waals surface area (Å²) in [6.45, 7) is 0. The van der Waals surface area contributed by atoms with Crippen LogP contribution in [0.1, 0.15) is 10.4 Å². The molecule has 1 amide bonds. The van der Waals surface area contributed by atoms with Crippen LogP contribution in [0.3, 0.4) is 0 Å². The minimum Gasteiger partial charge on any atom is -0.508 e. The Kier molecular flexibility index (Phi) is 4.90. The van der Waals surface area contributed by atoms with E-state index in [1.54, 1.807) is 30.3 Å². The van der Waals surface area contributed by atoms with Gasteiger partial charge in [-0.3, -0.25) is 9.52 Å². The highest BCUT2D eigenvalue weighted by atomic mass is 32.2. The molecule has 3 aromatic carbocycles. The molecule has 6 nitrogen and oxygen atoms in total. The van der Waals surface area contributed by atoms with Crippen LogP contribution in [0.5, 0.6) is 5.75 Å². The summed E-state index contributed by atoms with van der Waals surface area (Å²) in [5.41, 5.74) is 1.17. The largest absolute Gasteiger partial charge is 0.508 e. The highest BCUT2D eigenvalue weighted by Gasteiger charge is 2.14. The molecular weight excluding hydrogens is 352 g/mol. The molecule has 0 aliphatic heterocycles. The zero-order valence-corrected chi connectivity index (χ0v) is 14.4. The van der Waals surface area contributed by atoms with Gasteiger partial charge in [-0.25, -0.2) is 8.42 Å². The minimum atomic E-state index is -3.68. The number of benzene rings is 3. The number of aromatic hydroxyl groups is 1. The van der Waals surface area contributed by atoms with Crippen LogP contribution < -0.4 is 10.0 Å². The molecule has 3 aromatic rings. The molecule has 0 heterocycles. The van der Waals surface area contributed by atoms with E-state index in [9.17, 15) is 18.3 Å². The molecular formula is C19H16N2O4S. The third-order valence-corrected chi connectivity index (χ3v) is 4.95. The second-order valence-electron chi connectivity index (χ2n) is 5.50. The highest BCUT2D eigenvalue weighted by molar-refractivity contribution is 7.92. The van der Waals surface area contributed by atoms with Crippen LogP contribution >= 0.6 is 0 Å². The molecule has 3 N–H and O–H groups in total. The zero-order chi connectivity index (χ0) is 18.6. The smallest absolute Gasteiger partial charge is 0.261 e. The van der Waals surface area contributed by atoms with Crippen molar-refractivity contribution in [1.82, 2.24) is 0 Å². The fourth-order valence-electron chi connectivity index (χ4n) is 2.29. The van der Waals surface area contributed by atoms with Gasteiger partial charge >= 0.3 is 0 Å². The molecule has 0 aromatic heterocycles. The Labute approximate surface area is 151 Å². The molecule has 0 radical (unpaired) electrons. The van der Waals surface area contributed by atoms with E-state index in [0.29, 0.717) is 16.9 Å². The summed E-state index contributed by atoms with van der Waals surface area (Å²) in [5, 5.41) is 12.1. The topological polar surface area (TPSA) is 95.5 Å². The van der Waals surface area contributed by atoms with E-state index in [1.807, 2.05) is 0 Å². The number of carbonyl (C=O) groups excluding carboxylic acids is 1. The molecule has 132 valence electrons. The molecule has 0 saturated heterocycles. The van der Waals surface area contributed by atoms with E-state index in [2.05, 4.69) is 10.0 Å². The summed E-state index contributed by atoms with van der Waals surface area (Å²) in [4.78, 5) is 12.4. The van der Waals surface area contributed by atoms with E-state index in [0.717, 1.165) is 0 Å². The van der Waals surface area contributed by atoms with Crippen LogP contribution in [0.15, 0.2) is 83.8 Å². The maximum absolute atomic E-state index is 12.3. The van der Waals surface area contributed by atoms with Crippen molar-refractivity contribution < 1.29 is 18.3 Å². The van der Waals surface area contributed by atoms with Crippen molar-refractivity contribution in [3.63, 3.8) is 0 Å². The molecule has 0 saturated carbocycles. The third kappa shape index (κ3) is 4.20. The van der Waals surface area contributed by atoms with Crippen molar-refractivity contribution in [2.45, 2.75) is 4.90 Å². The molecule has 0 atom stereocenters. The number of sulfonamides is 1. The first-order valence-electron chi connectivity index (χ1n) is 7.72. The first-order chi connectivity index (χ1) is 12.4. The van der Waals surface area contributed by atoms with Gasteiger partial charge in [0.2, 0.25) is 0 Å². The first kappa shape index (κ1) is 17.5. The van der Waals surface area contributed by atoms with Crippen molar-refractivity contribution in [3.8, 4) is 5.75 Å². The van der Waals surface area contributed by atoms with Gasteiger partial charge in [0.25, 0.3) is 15.9 Å². The van der Waals surface area contributed by atoms with Crippen LogP contribution in [-0.4, -0.2) is 19.4 Å². The van der Waals surface area contributed by atoms with E-state index in [-0.39, 0.29) is 16.6 Å². The number of carbonyl (C=O) groups is 1. The average Bonchev–Trinajstić information content (AvgIpc) is 2.63. The number of hydrogen-bond donors (Lipinski definition) is 3. The van der Waals surface area contributed by atoms with E-state index < -0.39 is 10.0 Å². The number of phenolic OH excluding ortho intramolecular Hbond substituents is 1. The standard InChI is InChI=1S/C19H16N2O4S/c22-17-6-4-5-16(13-17)20-19(23)14-9-11-15(12-10-14)21-26(24,25)18-7-2-1-3-8-18/h1-13,21-22H,(H,20,23). The van der Waals surface area contributed by atoms with Gasteiger partial charge < -0.3 is 10.4 Å². The van der Waals surface area contributed by atoms with E-state index in [1.165, 1.54) is 48.5 Å². The number of anilines is 2. The maximum atomic E-state index is 12.3. The van der Waals surface area contributed by atoms with Gasteiger partial charge in [-0.1, -0.05) is 24.3 Å². The van der Waals surface area contributed by atoms with Crippen molar-refractivity contribution in [3.05, 3.63) is 84.4 Å². The number of amides is 1. The van der Waals surface area contributed by atoms with Gasteiger partial charge in [0, 0.05) is 23.0 Å². The summed E-state index contributed by atoms with van der Waals surface area (Å²) in [5.74, 6) is -0.318. The van der Waals surface area contributed by atoms with Gasteiger partial charge in [0.05, 0.1) is 4.90 Å². The van der Waals surface area contributed by atoms with Crippen LogP contribution in [0.4, 0.5) is 11.4 Å². The Hall–Kier alpha value is -3.32. The Morgan fingerprint density at radius 2 is 1.50 bits per heavy atom. The Morgan fingerprint density at radius 1 is 0.808 bits per heavy atom. The van der Waals surface area contributed by atoms with Gasteiger partial charge in [-0.05, 0) is 48.5 Å². The molecule has 3 rings (SSSR count). The zero-order valence-electron chi connectivity index (χ0n) is 13.6. The van der Waals surface area contributed by atoms with Crippen LogP contribution in [0, 0.1) is 0 Å². The first-order valence-corrected chi connectivity index (χ1v) is 9.21. The summed E-state index contributed by atoms with van der Waals surface area (Å²) in [6, 6.07) is 20.3. The fraction of sp³-hybridized carbons (Fsp3) is 0. The normalized spacial score (nSPS) is 10.9. The number of nitrogens with one attached hydrogen (secondary N) is 2. The Morgan fingerprint density at radius 3 is 2.15 bits per heavy atom. The van der Waals surface area contributed by atoms with Crippen molar-refractivity contribution in [2.24, 2.45) is 0 Å². The van der Waals surface area contributed by atoms with Crippen molar-refractivity contribution in [2.75, 3.05) is 10.0 Å². The number of rotatable bonds is 5. The minimum absolute atomic E-state index is 0.0495. The van der Waals surface area contributed by atoms with Gasteiger partial charge in [-0.2, -0.15) is 0 Å². The average molecular weight is 368 g/mol. The Balaban J connectivity index is 1.71. The van der Waals surface area contributed by atoms with Crippen LogP contribution in [0.25, 0.3) is 0 Å². The maximum Gasteiger partial charge on any atom is 0.261 e. The molecule has 0 bridgehead atoms. The monoisotopic (exact) mass is 368 g/mol. The molecule has 7 heteroatoms. The second kappa shape index (κ2) is 7.28. The van der Waals surface area contributed by atoms with E-state index in [4.69, 9.17) is 0 Å². The lowest BCUT2D eigenvalue weighted by Crippen LogP contribution is -2.14. The van der Waals surface area contributed by atoms with Gasteiger partial charge in [-0.15, -0.1) is 0 Å². The highest BCUT2D eigenvalue weighted by Crippen LogP contribution is 2.19. The fourth-order valence-corrected chi connectivity index (χ4v) is 3.37. The molecule has 26 heavy (non-hydrogen) atoms. The second-order valence-corrected chi connectivity index (χ2v) is 7.18. The van der Waals surface area contributed by atoms with Crippen LogP contribution in [-0.2, 0) is 10.0 Å². The molecule has 0 fully saturated rings. The lowest BCUT2D eigenvalue weighted by molar-refractivity contribution is 0.102. The van der Waals surface area contributed by atoms with Gasteiger partial charge in [0.15, 0.2) is 0 Å². The molecule has 0 aliphatic carbocycles. The predicted molar refractivity (Wildman–Crippen MR) is 99.8 cm³/mol. The van der Waals surface area contributed by atoms with Crippen molar-refractivity contribution in [1.29, 1.82) is 0 Å². The summed E-state index contributed by atoms with van der Waals surface area (Å²) < 4.78 is 27.0.